The topological polar surface area (TPSA) is 115 Å². The van der Waals surface area contributed by atoms with Crippen molar-refractivity contribution in [3.8, 4) is 0 Å². The van der Waals surface area contributed by atoms with Gasteiger partial charge in [0.25, 0.3) is 15.7 Å². The van der Waals surface area contributed by atoms with E-state index in [0.29, 0.717) is 16.9 Å². The summed E-state index contributed by atoms with van der Waals surface area (Å²) in [6, 6.07) is 9.66. The average Bonchev–Trinajstić information content (AvgIpc) is 2.43. The van der Waals surface area contributed by atoms with Crippen molar-refractivity contribution in [1.82, 2.24) is 0 Å². The molecule has 0 fully saturated rings. The van der Waals surface area contributed by atoms with Gasteiger partial charge >= 0.3 is 0 Å². The van der Waals surface area contributed by atoms with E-state index in [1.807, 2.05) is 0 Å². The summed E-state index contributed by atoms with van der Waals surface area (Å²) in [6.07, 6.45) is 0. The molecule has 0 unspecified atom stereocenters. The molecule has 2 rings (SSSR count). The summed E-state index contributed by atoms with van der Waals surface area (Å²) in [5.74, 6) is 0. The number of nitrogens with one attached hydrogen (secondary N) is 1. The van der Waals surface area contributed by atoms with Gasteiger partial charge in [-0.05, 0) is 30.7 Å². The molecule has 21 heavy (non-hydrogen) atoms. The Morgan fingerprint density at radius 2 is 1.90 bits per heavy atom. The summed E-state index contributed by atoms with van der Waals surface area (Å²) in [5, 5.41) is 10.7. The van der Waals surface area contributed by atoms with Crippen LogP contribution in [0.15, 0.2) is 47.4 Å². The molecule has 0 saturated carbocycles. The maximum absolute atomic E-state index is 12.3. The van der Waals surface area contributed by atoms with Gasteiger partial charge in [-0.2, -0.15) is 0 Å². The summed E-state index contributed by atoms with van der Waals surface area (Å²) in [5.41, 5.74) is 6.78. The predicted octanol–water partition coefficient (Wildman–Crippen LogP) is 2.29. The number of sulfonamides is 1. The largest absolute Gasteiger partial charge is 0.399 e. The third kappa shape index (κ3) is 3.29. The van der Waals surface area contributed by atoms with Crippen LogP contribution >= 0.6 is 0 Å². The Labute approximate surface area is 121 Å². The van der Waals surface area contributed by atoms with Crippen molar-refractivity contribution in [3.05, 3.63) is 58.1 Å². The lowest BCUT2D eigenvalue weighted by atomic mass is 10.2. The van der Waals surface area contributed by atoms with E-state index in [2.05, 4.69) is 4.72 Å². The van der Waals surface area contributed by atoms with Gasteiger partial charge in [0.2, 0.25) is 0 Å². The van der Waals surface area contributed by atoms with Crippen LogP contribution in [-0.2, 0) is 10.0 Å². The van der Waals surface area contributed by atoms with Crippen LogP contribution in [0.2, 0.25) is 0 Å². The molecule has 0 aromatic heterocycles. The van der Waals surface area contributed by atoms with Crippen molar-refractivity contribution in [2.75, 3.05) is 10.5 Å². The minimum Gasteiger partial charge on any atom is -0.399 e. The molecule has 0 aliphatic carbocycles. The number of benzene rings is 2. The molecular weight excluding hydrogens is 294 g/mol. The molecule has 8 heteroatoms. The second-order valence-electron chi connectivity index (χ2n) is 4.43. The van der Waals surface area contributed by atoms with Gasteiger partial charge in [0, 0.05) is 17.8 Å². The van der Waals surface area contributed by atoms with Gasteiger partial charge in [0.05, 0.1) is 15.5 Å². The zero-order chi connectivity index (χ0) is 15.6. The SMILES string of the molecule is Cc1ccc(N)cc1NS(=O)(=O)c1cccc([N+](=O)[O-])c1. The molecule has 0 aliphatic rings. The number of anilines is 2. The second-order valence-corrected chi connectivity index (χ2v) is 6.12. The van der Waals surface area contributed by atoms with Crippen LogP contribution in [-0.4, -0.2) is 13.3 Å². The molecule has 0 spiro atoms. The van der Waals surface area contributed by atoms with Crippen molar-refractivity contribution in [3.63, 3.8) is 0 Å². The molecule has 0 amide bonds. The third-order valence-corrected chi connectivity index (χ3v) is 4.21. The van der Waals surface area contributed by atoms with Gasteiger partial charge in [0.1, 0.15) is 0 Å². The number of nitrogens with two attached hydrogens (primary N) is 1. The highest BCUT2D eigenvalue weighted by Gasteiger charge is 2.18. The highest BCUT2D eigenvalue weighted by molar-refractivity contribution is 7.92. The van der Waals surface area contributed by atoms with Crippen molar-refractivity contribution in [1.29, 1.82) is 0 Å². The summed E-state index contributed by atoms with van der Waals surface area (Å²) in [4.78, 5) is 9.88. The lowest BCUT2D eigenvalue weighted by molar-refractivity contribution is -0.385. The van der Waals surface area contributed by atoms with E-state index in [1.54, 1.807) is 19.1 Å². The molecule has 7 nitrogen and oxygen atoms in total. The average molecular weight is 307 g/mol. The number of nitro groups is 1. The van der Waals surface area contributed by atoms with Crippen LogP contribution in [0.3, 0.4) is 0 Å². The molecule has 2 aromatic rings. The van der Waals surface area contributed by atoms with E-state index >= 15 is 0 Å². The van der Waals surface area contributed by atoms with Crippen molar-refractivity contribution in [2.45, 2.75) is 11.8 Å². The van der Waals surface area contributed by atoms with Crippen LogP contribution in [0.5, 0.6) is 0 Å². The van der Waals surface area contributed by atoms with E-state index in [9.17, 15) is 18.5 Å². The summed E-state index contributed by atoms with van der Waals surface area (Å²) >= 11 is 0. The van der Waals surface area contributed by atoms with Gasteiger partial charge in [-0.25, -0.2) is 8.42 Å². The normalized spacial score (nSPS) is 11.1. The molecule has 0 bridgehead atoms. The zero-order valence-corrected chi connectivity index (χ0v) is 11.9. The molecule has 3 N–H and O–H groups in total. The third-order valence-electron chi connectivity index (χ3n) is 2.84. The van der Waals surface area contributed by atoms with Gasteiger partial charge in [-0.15, -0.1) is 0 Å². The Bertz CT molecular complexity index is 803. The number of nitro benzene ring substituents is 1. The Morgan fingerprint density at radius 3 is 2.57 bits per heavy atom. The highest BCUT2D eigenvalue weighted by atomic mass is 32.2. The molecule has 0 radical (unpaired) electrons. The van der Waals surface area contributed by atoms with E-state index < -0.39 is 14.9 Å². The van der Waals surface area contributed by atoms with Gasteiger partial charge in [-0.1, -0.05) is 12.1 Å². The number of aryl methyl sites for hydroxylation is 1. The zero-order valence-electron chi connectivity index (χ0n) is 11.1. The fourth-order valence-corrected chi connectivity index (χ4v) is 2.88. The Kier molecular flexibility index (Phi) is 3.81. The lowest BCUT2D eigenvalue weighted by Gasteiger charge is -2.11. The molecular formula is C13H13N3O4S. The lowest BCUT2D eigenvalue weighted by Crippen LogP contribution is -2.14. The number of hydrogen-bond donors (Lipinski definition) is 2. The van der Waals surface area contributed by atoms with Gasteiger partial charge < -0.3 is 5.73 Å². The second kappa shape index (κ2) is 5.41. The first-order valence-corrected chi connectivity index (χ1v) is 7.41. The standard InChI is InChI=1S/C13H13N3O4S/c1-9-5-6-10(14)7-13(9)15-21(19,20)12-4-2-3-11(8-12)16(17)18/h2-8,15H,14H2,1H3. The predicted molar refractivity (Wildman–Crippen MR) is 79.5 cm³/mol. The molecule has 110 valence electrons. The van der Waals surface area contributed by atoms with Crippen molar-refractivity contribution < 1.29 is 13.3 Å². The molecule has 0 saturated heterocycles. The van der Waals surface area contributed by atoms with E-state index in [0.717, 1.165) is 6.07 Å². The summed E-state index contributed by atoms with van der Waals surface area (Å²) < 4.78 is 26.9. The van der Waals surface area contributed by atoms with Gasteiger partial charge in [-0.3, -0.25) is 14.8 Å². The Hall–Kier alpha value is -2.61. The molecule has 2 aromatic carbocycles. The first-order valence-electron chi connectivity index (χ1n) is 5.93. The number of nitrogen functional groups attached to an aromatic ring is 1. The summed E-state index contributed by atoms with van der Waals surface area (Å²) in [7, 11) is -3.92. The minimum absolute atomic E-state index is 0.182. The Balaban J connectivity index is 2.41. The minimum atomic E-state index is -3.92. The van der Waals surface area contributed by atoms with E-state index in [4.69, 9.17) is 5.73 Å². The van der Waals surface area contributed by atoms with Crippen molar-refractivity contribution >= 4 is 27.1 Å². The smallest absolute Gasteiger partial charge is 0.270 e. The first kappa shape index (κ1) is 14.8. The van der Waals surface area contributed by atoms with Crippen LogP contribution in [0.1, 0.15) is 5.56 Å². The fraction of sp³-hybridized carbons (Fsp3) is 0.0769. The molecule has 0 aliphatic heterocycles. The maximum atomic E-state index is 12.3. The summed E-state index contributed by atoms with van der Waals surface area (Å²) in [6.45, 7) is 1.73. The van der Waals surface area contributed by atoms with Crippen molar-refractivity contribution in [2.24, 2.45) is 0 Å². The monoisotopic (exact) mass is 307 g/mol. The van der Waals surface area contributed by atoms with Crippen LogP contribution in [0.25, 0.3) is 0 Å². The van der Waals surface area contributed by atoms with Crippen LogP contribution in [0, 0.1) is 17.0 Å². The van der Waals surface area contributed by atoms with E-state index in [1.165, 1.54) is 24.3 Å². The first-order chi connectivity index (χ1) is 9.79. The number of hydrogen-bond acceptors (Lipinski definition) is 5. The quantitative estimate of drug-likeness (QED) is 0.511. The van der Waals surface area contributed by atoms with Crippen LogP contribution in [0.4, 0.5) is 17.1 Å². The number of non-ortho nitro benzene ring substituents is 1. The Morgan fingerprint density at radius 1 is 1.19 bits per heavy atom. The number of rotatable bonds is 4. The van der Waals surface area contributed by atoms with Crippen LogP contribution < -0.4 is 10.5 Å². The van der Waals surface area contributed by atoms with Gasteiger partial charge in [0.15, 0.2) is 0 Å². The van der Waals surface area contributed by atoms with E-state index in [-0.39, 0.29) is 10.6 Å². The number of nitrogens with zero attached hydrogens (tertiary/aromatic N) is 1. The maximum Gasteiger partial charge on any atom is 0.270 e. The fourth-order valence-electron chi connectivity index (χ4n) is 1.72. The highest BCUT2D eigenvalue weighted by Crippen LogP contribution is 2.23. The molecule has 0 atom stereocenters. The molecule has 0 heterocycles.